The van der Waals surface area contributed by atoms with Crippen LogP contribution in [0.5, 0.6) is 11.5 Å². The highest BCUT2D eigenvalue weighted by Gasteiger charge is 2.15. The number of hydrogen-bond acceptors (Lipinski definition) is 4. The molecular weight excluding hydrogens is 358 g/mol. The summed E-state index contributed by atoms with van der Waals surface area (Å²) in [5, 5.41) is 3.29. The van der Waals surface area contributed by atoms with Crippen LogP contribution in [0, 0.1) is 13.8 Å². The van der Waals surface area contributed by atoms with E-state index in [-0.39, 0.29) is 5.91 Å². The van der Waals surface area contributed by atoms with E-state index in [4.69, 9.17) is 21.1 Å². The highest BCUT2D eigenvalue weighted by Crippen LogP contribution is 2.37. The third kappa shape index (κ3) is 4.61. The normalized spacial score (nSPS) is 13.2. The number of fused-ring (bicyclic) bond motifs is 1. The summed E-state index contributed by atoms with van der Waals surface area (Å²) >= 11 is 7.75. The second-order valence-electron chi connectivity index (χ2n) is 5.91. The quantitative estimate of drug-likeness (QED) is 0.774. The number of benzene rings is 2. The van der Waals surface area contributed by atoms with E-state index < -0.39 is 0 Å². The van der Waals surface area contributed by atoms with E-state index >= 15 is 0 Å². The fourth-order valence-corrected chi connectivity index (χ4v) is 3.41. The van der Waals surface area contributed by atoms with Gasteiger partial charge in [-0.1, -0.05) is 17.7 Å². The van der Waals surface area contributed by atoms with Gasteiger partial charge in [0, 0.05) is 23.4 Å². The predicted molar refractivity (Wildman–Crippen MR) is 102 cm³/mol. The second kappa shape index (κ2) is 8.02. The topological polar surface area (TPSA) is 47.6 Å². The second-order valence-corrected chi connectivity index (χ2v) is 7.37. The van der Waals surface area contributed by atoms with E-state index in [2.05, 4.69) is 31.3 Å². The van der Waals surface area contributed by atoms with Crippen molar-refractivity contribution in [3.63, 3.8) is 0 Å². The molecule has 2 aromatic rings. The molecule has 1 heterocycles. The summed E-state index contributed by atoms with van der Waals surface area (Å²) in [5.41, 5.74) is 3.00. The van der Waals surface area contributed by atoms with E-state index in [0.29, 0.717) is 41.2 Å². The number of carbonyl (C=O) groups excluding carboxylic acids is 1. The van der Waals surface area contributed by atoms with Crippen molar-refractivity contribution >= 4 is 35.0 Å². The zero-order chi connectivity index (χ0) is 17.8. The molecule has 0 radical (unpaired) electrons. The lowest BCUT2D eigenvalue weighted by Crippen LogP contribution is -2.14. The lowest BCUT2D eigenvalue weighted by atomic mass is 10.1. The van der Waals surface area contributed by atoms with Gasteiger partial charge < -0.3 is 14.8 Å². The van der Waals surface area contributed by atoms with Crippen molar-refractivity contribution in [1.29, 1.82) is 0 Å². The van der Waals surface area contributed by atoms with Crippen molar-refractivity contribution in [2.24, 2.45) is 0 Å². The van der Waals surface area contributed by atoms with Gasteiger partial charge in [0.1, 0.15) is 0 Å². The smallest absolute Gasteiger partial charge is 0.234 e. The summed E-state index contributed by atoms with van der Waals surface area (Å²) in [4.78, 5) is 13.3. The molecular formula is C19H20ClNO3S. The molecule has 0 bridgehead atoms. The van der Waals surface area contributed by atoms with Crippen molar-refractivity contribution in [2.75, 3.05) is 24.3 Å². The van der Waals surface area contributed by atoms with Crippen LogP contribution in [0.3, 0.4) is 0 Å². The summed E-state index contributed by atoms with van der Waals surface area (Å²) < 4.78 is 11.2. The van der Waals surface area contributed by atoms with E-state index in [1.165, 1.54) is 22.9 Å². The summed E-state index contributed by atoms with van der Waals surface area (Å²) in [6, 6.07) is 9.60. The highest BCUT2D eigenvalue weighted by atomic mass is 35.5. The van der Waals surface area contributed by atoms with Crippen molar-refractivity contribution in [3.8, 4) is 11.5 Å². The van der Waals surface area contributed by atoms with Crippen molar-refractivity contribution in [2.45, 2.75) is 25.2 Å². The molecule has 0 aromatic heterocycles. The molecule has 1 aliphatic heterocycles. The molecule has 1 aliphatic rings. The number of thioether (sulfide) groups is 1. The number of halogens is 1. The Morgan fingerprint density at radius 3 is 2.56 bits per heavy atom. The fourth-order valence-electron chi connectivity index (χ4n) is 2.42. The van der Waals surface area contributed by atoms with E-state index in [0.717, 1.165) is 11.3 Å². The summed E-state index contributed by atoms with van der Waals surface area (Å²) in [5.74, 6) is 1.43. The first-order valence-corrected chi connectivity index (χ1v) is 9.48. The maximum atomic E-state index is 12.3. The summed E-state index contributed by atoms with van der Waals surface area (Å²) in [6.45, 7) is 5.33. The SMILES string of the molecule is Cc1ccc(SCC(=O)Nc2cc3c(cc2Cl)OCCCO3)cc1C. The average molecular weight is 378 g/mol. The first-order chi connectivity index (χ1) is 12.0. The van der Waals surface area contributed by atoms with Crippen LogP contribution in [0.1, 0.15) is 17.5 Å². The van der Waals surface area contributed by atoms with Crippen molar-refractivity contribution in [1.82, 2.24) is 0 Å². The maximum absolute atomic E-state index is 12.3. The number of amides is 1. The Bertz CT molecular complexity index is 794. The molecule has 0 aliphatic carbocycles. The number of nitrogens with one attached hydrogen (secondary N) is 1. The zero-order valence-electron chi connectivity index (χ0n) is 14.2. The van der Waals surface area contributed by atoms with Crippen LogP contribution in [0.25, 0.3) is 0 Å². The molecule has 0 atom stereocenters. The van der Waals surface area contributed by atoms with E-state index in [1.807, 2.05) is 6.07 Å². The zero-order valence-corrected chi connectivity index (χ0v) is 15.8. The minimum atomic E-state index is -0.111. The first kappa shape index (κ1) is 18.0. The van der Waals surface area contributed by atoms with Gasteiger partial charge in [-0.05, 0) is 37.1 Å². The molecule has 1 amide bonds. The Morgan fingerprint density at radius 1 is 1.12 bits per heavy atom. The molecule has 0 saturated heterocycles. The van der Waals surface area contributed by atoms with Gasteiger partial charge in [0.2, 0.25) is 5.91 Å². The van der Waals surface area contributed by atoms with Crippen LogP contribution in [0.2, 0.25) is 5.02 Å². The van der Waals surface area contributed by atoms with Crippen LogP contribution >= 0.6 is 23.4 Å². The van der Waals surface area contributed by atoms with Crippen molar-refractivity contribution < 1.29 is 14.3 Å². The predicted octanol–water partition coefficient (Wildman–Crippen LogP) is 4.85. The van der Waals surface area contributed by atoms with Gasteiger partial charge in [0.25, 0.3) is 0 Å². The number of anilines is 1. The number of ether oxygens (including phenoxy) is 2. The molecule has 0 unspecified atom stereocenters. The standard InChI is InChI=1S/C19H20ClNO3S/c1-12-4-5-14(8-13(12)2)25-11-19(22)21-16-10-18-17(9-15(16)20)23-6-3-7-24-18/h4-5,8-10H,3,6-7,11H2,1-2H3,(H,21,22). The third-order valence-corrected chi connectivity index (χ3v) is 5.27. The lowest BCUT2D eigenvalue weighted by molar-refractivity contribution is -0.113. The average Bonchev–Trinajstić information content (AvgIpc) is 2.81. The van der Waals surface area contributed by atoms with Crippen LogP contribution in [0.15, 0.2) is 35.2 Å². The van der Waals surface area contributed by atoms with Gasteiger partial charge in [0.15, 0.2) is 11.5 Å². The number of carbonyl (C=O) groups is 1. The Morgan fingerprint density at radius 2 is 1.84 bits per heavy atom. The molecule has 0 fully saturated rings. The molecule has 132 valence electrons. The summed E-state index contributed by atoms with van der Waals surface area (Å²) in [7, 11) is 0. The minimum Gasteiger partial charge on any atom is -0.490 e. The molecule has 0 spiro atoms. The Balaban J connectivity index is 1.64. The Hall–Kier alpha value is -1.85. The maximum Gasteiger partial charge on any atom is 0.234 e. The van der Waals surface area contributed by atoms with E-state index in [9.17, 15) is 4.79 Å². The van der Waals surface area contributed by atoms with Crippen LogP contribution in [-0.2, 0) is 4.79 Å². The van der Waals surface area contributed by atoms with Gasteiger partial charge in [-0.3, -0.25) is 4.79 Å². The number of hydrogen-bond donors (Lipinski definition) is 1. The number of rotatable bonds is 4. The van der Waals surface area contributed by atoms with Gasteiger partial charge in [-0.25, -0.2) is 0 Å². The van der Waals surface area contributed by atoms with Gasteiger partial charge in [0.05, 0.1) is 29.7 Å². The van der Waals surface area contributed by atoms with E-state index in [1.54, 1.807) is 12.1 Å². The molecule has 25 heavy (non-hydrogen) atoms. The largest absolute Gasteiger partial charge is 0.490 e. The van der Waals surface area contributed by atoms with Crippen LogP contribution in [0.4, 0.5) is 5.69 Å². The highest BCUT2D eigenvalue weighted by molar-refractivity contribution is 8.00. The van der Waals surface area contributed by atoms with Crippen molar-refractivity contribution in [3.05, 3.63) is 46.5 Å². The fraction of sp³-hybridized carbons (Fsp3) is 0.316. The third-order valence-electron chi connectivity index (χ3n) is 3.96. The molecule has 3 rings (SSSR count). The monoisotopic (exact) mass is 377 g/mol. The minimum absolute atomic E-state index is 0.111. The molecule has 4 nitrogen and oxygen atoms in total. The van der Waals surface area contributed by atoms with Gasteiger partial charge in [-0.2, -0.15) is 0 Å². The molecule has 2 aromatic carbocycles. The van der Waals surface area contributed by atoms with Gasteiger partial charge >= 0.3 is 0 Å². The van der Waals surface area contributed by atoms with Crippen LogP contribution < -0.4 is 14.8 Å². The number of aryl methyl sites for hydroxylation is 2. The Labute approximate surface area is 156 Å². The van der Waals surface area contributed by atoms with Gasteiger partial charge in [-0.15, -0.1) is 11.8 Å². The van der Waals surface area contributed by atoms with Crippen LogP contribution in [-0.4, -0.2) is 24.9 Å². The molecule has 0 saturated carbocycles. The molecule has 1 N–H and O–H groups in total. The molecule has 6 heteroatoms. The lowest BCUT2D eigenvalue weighted by Gasteiger charge is -2.12. The Kier molecular flexibility index (Phi) is 5.76. The summed E-state index contributed by atoms with van der Waals surface area (Å²) in [6.07, 6.45) is 0.820. The first-order valence-electron chi connectivity index (χ1n) is 8.12.